The highest BCUT2D eigenvalue weighted by Crippen LogP contribution is 2.36. The Bertz CT molecular complexity index is 306. The minimum absolute atomic E-state index is 0.352. The van der Waals surface area contributed by atoms with Crippen LogP contribution >= 0.6 is 11.6 Å². The van der Waals surface area contributed by atoms with Gasteiger partial charge in [-0.05, 0) is 25.3 Å². The van der Waals surface area contributed by atoms with E-state index in [1.807, 2.05) is 0 Å². The van der Waals surface area contributed by atoms with Gasteiger partial charge in [-0.15, -0.1) is 11.6 Å². The number of benzene rings is 1. The summed E-state index contributed by atoms with van der Waals surface area (Å²) in [5.41, 5.74) is 2.78. The maximum Gasteiger partial charge on any atom is 0.0404 e. The molecule has 2 rings (SSSR count). The van der Waals surface area contributed by atoms with Crippen LogP contribution in [0, 0.1) is 6.92 Å². The van der Waals surface area contributed by atoms with Crippen molar-refractivity contribution in [2.24, 2.45) is 0 Å². The highest BCUT2D eigenvalue weighted by molar-refractivity contribution is 6.21. The summed E-state index contributed by atoms with van der Waals surface area (Å²) in [5.74, 6) is 0.588. The van der Waals surface area contributed by atoms with Crippen LogP contribution in [-0.2, 0) is 0 Å². The van der Waals surface area contributed by atoms with Crippen LogP contribution in [0.25, 0.3) is 0 Å². The highest BCUT2D eigenvalue weighted by atomic mass is 35.5. The molecule has 0 aromatic heterocycles. The minimum atomic E-state index is 0.352. The van der Waals surface area contributed by atoms with Gasteiger partial charge in [0.15, 0.2) is 0 Å². The molecule has 0 heterocycles. The molecule has 0 bridgehead atoms. The summed E-state index contributed by atoms with van der Waals surface area (Å²) in [6, 6.07) is 8.79. The third-order valence-electron chi connectivity index (χ3n) is 3.15. The van der Waals surface area contributed by atoms with Crippen molar-refractivity contribution < 1.29 is 0 Å². The topological polar surface area (TPSA) is 0 Å². The van der Waals surface area contributed by atoms with E-state index in [2.05, 4.69) is 31.2 Å². The van der Waals surface area contributed by atoms with Gasteiger partial charge in [-0.3, -0.25) is 0 Å². The maximum atomic E-state index is 6.37. The van der Waals surface area contributed by atoms with Crippen molar-refractivity contribution >= 4 is 11.6 Å². The molecule has 0 amide bonds. The standard InChI is InChI=1S/C13H17Cl/c1-10-5-4-6-11(9-10)12-7-2-3-8-13(12)14/h4-6,9,12-13H,2-3,7-8H2,1H3/t12-,13-/m1/s1. The zero-order valence-corrected chi connectivity index (χ0v) is 9.43. The predicted octanol–water partition coefficient (Wildman–Crippen LogP) is 4.26. The largest absolute Gasteiger partial charge is 0.122 e. The Morgan fingerprint density at radius 3 is 2.71 bits per heavy atom. The van der Waals surface area contributed by atoms with E-state index in [1.165, 1.54) is 36.8 Å². The number of hydrogen-bond acceptors (Lipinski definition) is 0. The van der Waals surface area contributed by atoms with Crippen molar-refractivity contribution in [2.75, 3.05) is 0 Å². The van der Waals surface area contributed by atoms with E-state index in [4.69, 9.17) is 11.6 Å². The Morgan fingerprint density at radius 2 is 2.00 bits per heavy atom. The molecule has 0 saturated heterocycles. The molecule has 1 aromatic rings. The molecule has 14 heavy (non-hydrogen) atoms. The fraction of sp³-hybridized carbons (Fsp3) is 0.538. The van der Waals surface area contributed by atoms with Gasteiger partial charge in [0.1, 0.15) is 0 Å². The molecule has 1 saturated carbocycles. The molecule has 0 radical (unpaired) electrons. The lowest BCUT2D eigenvalue weighted by Crippen LogP contribution is -2.17. The van der Waals surface area contributed by atoms with Crippen LogP contribution in [0.2, 0.25) is 0 Å². The Labute approximate surface area is 91.3 Å². The molecule has 0 N–H and O–H groups in total. The third-order valence-corrected chi connectivity index (χ3v) is 3.67. The lowest BCUT2D eigenvalue weighted by Gasteiger charge is -2.27. The fourth-order valence-electron chi connectivity index (χ4n) is 2.36. The average molecular weight is 209 g/mol. The smallest absolute Gasteiger partial charge is 0.0404 e. The first-order chi connectivity index (χ1) is 6.77. The average Bonchev–Trinajstić information content (AvgIpc) is 2.18. The van der Waals surface area contributed by atoms with Gasteiger partial charge in [-0.25, -0.2) is 0 Å². The number of halogens is 1. The molecule has 0 nitrogen and oxygen atoms in total. The first kappa shape index (κ1) is 10.0. The molecule has 0 spiro atoms. The van der Waals surface area contributed by atoms with Crippen molar-refractivity contribution in [3.63, 3.8) is 0 Å². The molecule has 0 unspecified atom stereocenters. The first-order valence-corrected chi connectivity index (χ1v) is 5.91. The molecule has 1 aliphatic rings. The van der Waals surface area contributed by atoms with Gasteiger partial charge in [-0.1, -0.05) is 42.7 Å². The second kappa shape index (κ2) is 4.35. The number of hydrogen-bond donors (Lipinski definition) is 0. The van der Waals surface area contributed by atoms with Crippen LogP contribution in [0.15, 0.2) is 24.3 Å². The first-order valence-electron chi connectivity index (χ1n) is 5.48. The van der Waals surface area contributed by atoms with Crippen LogP contribution in [0.4, 0.5) is 0 Å². The van der Waals surface area contributed by atoms with Crippen LogP contribution < -0.4 is 0 Å². The fourth-order valence-corrected chi connectivity index (χ4v) is 2.79. The van der Waals surface area contributed by atoms with Crippen LogP contribution in [0.3, 0.4) is 0 Å². The van der Waals surface area contributed by atoms with E-state index in [1.54, 1.807) is 0 Å². The maximum absolute atomic E-state index is 6.37. The van der Waals surface area contributed by atoms with Crippen molar-refractivity contribution in [1.82, 2.24) is 0 Å². The van der Waals surface area contributed by atoms with E-state index < -0.39 is 0 Å². The van der Waals surface area contributed by atoms with Gasteiger partial charge in [0.05, 0.1) is 0 Å². The lowest BCUT2D eigenvalue weighted by molar-refractivity contribution is 0.450. The Kier molecular flexibility index (Phi) is 3.12. The molecule has 76 valence electrons. The summed E-state index contributed by atoms with van der Waals surface area (Å²) in [7, 11) is 0. The predicted molar refractivity (Wildman–Crippen MR) is 62.0 cm³/mol. The molecule has 1 heteroatoms. The number of rotatable bonds is 1. The Balaban J connectivity index is 2.20. The normalized spacial score (nSPS) is 27.6. The van der Waals surface area contributed by atoms with Crippen molar-refractivity contribution in [1.29, 1.82) is 0 Å². The molecular weight excluding hydrogens is 192 g/mol. The molecule has 1 fully saturated rings. The van der Waals surface area contributed by atoms with Gasteiger partial charge in [0, 0.05) is 11.3 Å². The second-order valence-electron chi connectivity index (χ2n) is 4.32. The van der Waals surface area contributed by atoms with Gasteiger partial charge >= 0.3 is 0 Å². The van der Waals surface area contributed by atoms with Gasteiger partial charge in [0.2, 0.25) is 0 Å². The van der Waals surface area contributed by atoms with Crippen molar-refractivity contribution in [3.05, 3.63) is 35.4 Å². The van der Waals surface area contributed by atoms with Crippen molar-refractivity contribution in [2.45, 2.75) is 43.9 Å². The zero-order chi connectivity index (χ0) is 9.97. The van der Waals surface area contributed by atoms with E-state index in [9.17, 15) is 0 Å². The number of aryl methyl sites for hydroxylation is 1. The molecule has 1 aromatic carbocycles. The minimum Gasteiger partial charge on any atom is -0.122 e. The molecular formula is C13H17Cl. The Morgan fingerprint density at radius 1 is 1.21 bits per heavy atom. The SMILES string of the molecule is Cc1cccc([C@H]2CCCC[C@H]2Cl)c1. The summed E-state index contributed by atoms with van der Waals surface area (Å²) in [4.78, 5) is 0. The van der Waals surface area contributed by atoms with E-state index in [0.29, 0.717) is 11.3 Å². The highest BCUT2D eigenvalue weighted by Gasteiger charge is 2.24. The molecule has 1 aliphatic carbocycles. The van der Waals surface area contributed by atoms with Crippen LogP contribution in [0.5, 0.6) is 0 Å². The van der Waals surface area contributed by atoms with Gasteiger partial charge in [0.25, 0.3) is 0 Å². The van der Waals surface area contributed by atoms with E-state index >= 15 is 0 Å². The van der Waals surface area contributed by atoms with Crippen LogP contribution in [0.1, 0.15) is 42.7 Å². The molecule has 0 aliphatic heterocycles. The quantitative estimate of drug-likeness (QED) is 0.605. The van der Waals surface area contributed by atoms with E-state index in [-0.39, 0.29) is 0 Å². The van der Waals surface area contributed by atoms with Crippen LogP contribution in [-0.4, -0.2) is 5.38 Å². The summed E-state index contributed by atoms with van der Waals surface area (Å²) < 4.78 is 0. The molecule has 2 atom stereocenters. The van der Waals surface area contributed by atoms with Crippen molar-refractivity contribution in [3.8, 4) is 0 Å². The van der Waals surface area contributed by atoms with Gasteiger partial charge in [-0.2, -0.15) is 0 Å². The third kappa shape index (κ3) is 2.12. The summed E-state index contributed by atoms with van der Waals surface area (Å²) in [5, 5.41) is 0.352. The monoisotopic (exact) mass is 208 g/mol. The van der Waals surface area contributed by atoms with E-state index in [0.717, 1.165) is 0 Å². The summed E-state index contributed by atoms with van der Waals surface area (Å²) in [6.45, 7) is 2.15. The number of alkyl halides is 1. The zero-order valence-electron chi connectivity index (χ0n) is 8.67. The lowest BCUT2D eigenvalue weighted by atomic mass is 9.83. The summed E-state index contributed by atoms with van der Waals surface area (Å²) in [6.07, 6.45) is 5.08. The Hall–Kier alpha value is -0.490. The van der Waals surface area contributed by atoms with Gasteiger partial charge < -0.3 is 0 Å². The summed E-state index contributed by atoms with van der Waals surface area (Å²) >= 11 is 6.37. The second-order valence-corrected chi connectivity index (χ2v) is 4.88.